The minimum absolute atomic E-state index is 0.0703. The topological polar surface area (TPSA) is 105 Å². The third-order valence-corrected chi connectivity index (χ3v) is 7.88. The van der Waals surface area contributed by atoms with Crippen LogP contribution in [-0.2, 0) is 19.6 Å². The van der Waals surface area contributed by atoms with E-state index in [1.165, 1.54) is 10.4 Å². The lowest BCUT2D eigenvalue weighted by atomic mass is 9.97. The van der Waals surface area contributed by atoms with Gasteiger partial charge in [0.15, 0.2) is 6.10 Å². The Morgan fingerprint density at radius 3 is 2.55 bits per heavy atom. The van der Waals surface area contributed by atoms with Gasteiger partial charge in [0.2, 0.25) is 15.9 Å². The first kappa shape index (κ1) is 23.1. The van der Waals surface area contributed by atoms with Gasteiger partial charge in [-0.2, -0.15) is 4.31 Å². The van der Waals surface area contributed by atoms with E-state index >= 15 is 0 Å². The zero-order valence-electron chi connectivity index (χ0n) is 18.0. The van der Waals surface area contributed by atoms with Crippen molar-refractivity contribution in [1.29, 1.82) is 0 Å². The molecule has 2 heterocycles. The van der Waals surface area contributed by atoms with Gasteiger partial charge in [-0.15, -0.1) is 0 Å². The Morgan fingerprint density at radius 1 is 1.18 bits per heavy atom. The van der Waals surface area contributed by atoms with Gasteiger partial charge in [0, 0.05) is 31.1 Å². The Balaban J connectivity index is 1.45. The molecule has 1 fully saturated rings. The molecule has 8 nitrogen and oxygen atoms in total. The maximum absolute atomic E-state index is 13.8. The van der Waals surface area contributed by atoms with Crippen molar-refractivity contribution in [2.45, 2.75) is 37.7 Å². The lowest BCUT2D eigenvalue weighted by molar-refractivity contribution is -0.123. The molecule has 4 rings (SSSR count). The highest BCUT2D eigenvalue weighted by molar-refractivity contribution is 7.89. The number of hydrogen-bond acceptors (Lipinski definition) is 5. The summed E-state index contributed by atoms with van der Waals surface area (Å²) in [6, 6.07) is 5.84. The van der Waals surface area contributed by atoms with Gasteiger partial charge in [0.1, 0.15) is 17.4 Å². The fraction of sp³-hybridized carbons (Fsp3) is 0.364. The molecule has 2 N–H and O–H groups in total. The summed E-state index contributed by atoms with van der Waals surface area (Å²) in [5, 5.41) is 5.13. The molecule has 1 atom stereocenters. The van der Waals surface area contributed by atoms with Crippen LogP contribution >= 0.6 is 0 Å². The lowest BCUT2D eigenvalue weighted by Gasteiger charge is -2.31. The molecule has 0 radical (unpaired) electrons. The molecule has 1 saturated heterocycles. The van der Waals surface area contributed by atoms with Crippen molar-refractivity contribution in [3.8, 4) is 5.75 Å². The normalized spacial score (nSPS) is 19.4. The van der Waals surface area contributed by atoms with E-state index < -0.39 is 39.6 Å². The average Bonchev–Trinajstić information content (AvgIpc) is 2.76. The number of carbonyl (C=O) groups is 2. The molecule has 0 saturated carbocycles. The predicted molar refractivity (Wildman–Crippen MR) is 116 cm³/mol. The van der Waals surface area contributed by atoms with Gasteiger partial charge in [-0.25, -0.2) is 17.2 Å². The van der Waals surface area contributed by atoms with Crippen molar-refractivity contribution in [1.82, 2.24) is 4.31 Å². The lowest BCUT2D eigenvalue weighted by Crippen LogP contribution is -2.41. The number of nitrogens with one attached hydrogen (secondary N) is 2. The fourth-order valence-corrected chi connectivity index (χ4v) is 5.64. The maximum Gasteiger partial charge on any atom is 0.265 e. The highest BCUT2D eigenvalue weighted by Gasteiger charge is 2.34. The van der Waals surface area contributed by atoms with E-state index in [1.54, 1.807) is 19.9 Å². The van der Waals surface area contributed by atoms with Crippen LogP contribution in [0.2, 0.25) is 0 Å². The first-order chi connectivity index (χ1) is 15.6. The Bertz CT molecular complexity index is 1230. The Labute approximate surface area is 190 Å². The number of nitrogens with zero attached hydrogens (tertiary/aromatic N) is 1. The number of sulfonamides is 1. The highest BCUT2D eigenvalue weighted by Crippen LogP contribution is 2.36. The number of aryl methyl sites for hydroxylation is 1. The number of fused-ring (bicyclic) bond motifs is 1. The van der Waals surface area contributed by atoms with E-state index in [2.05, 4.69) is 10.6 Å². The van der Waals surface area contributed by atoms with E-state index in [0.29, 0.717) is 17.3 Å². The number of amides is 2. The largest absolute Gasteiger partial charge is 0.479 e. The average molecular weight is 480 g/mol. The smallest absolute Gasteiger partial charge is 0.265 e. The van der Waals surface area contributed by atoms with Crippen LogP contribution in [0.3, 0.4) is 0 Å². The number of benzene rings is 2. The molecular formula is C22H23F2N3O5S. The molecule has 176 valence electrons. The standard InChI is InChI=1S/C22H23F2N3O5S/c1-12-9-18-19(32-13(2)21(28)26-18)11-20(12)33(30,31)27-7-5-14(6-8-27)22(29)25-17-4-3-15(23)10-16(17)24/h3-4,9-11,13-14H,5-8H2,1-2H3,(H,25,29)(H,26,28)/t13-/m1/s1. The number of halogens is 2. The van der Waals surface area contributed by atoms with Crippen molar-refractivity contribution in [2.24, 2.45) is 5.92 Å². The summed E-state index contributed by atoms with van der Waals surface area (Å²) in [5.74, 6) is -2.60. The summed E-state index contributed by atoms with van der Waals surface area (Å²) in [6.45, 7) is 3.42. The molecule has 0 aromatic heterocycles. The van der Waals surface area contributed by atoms with E-state index in [0.717, 1.165) is 12.1 Å². The molecule has 0 unspecified atom stereocenters. The van der Waals surface area contributed by atoms with Crippen molar-refractivity contribution in [2.75, 3.05) is 23.7 Å². The summed E-state index contributed by atoms with van der Waals surface area (Å²) in [5.41, 5.74) is 0.749. The molecular weight excluding hydrogens is 456 g/mol. The third-order valence-electron chi connectivity index (χ3n) is 5.84. The van der Waals surface area contributed by atoms with Gasteiger partial charge in [-0.3, -0.25) is 9.59 Å². The number of rotatable bonds is 4. The number of hydrogen-bond donors (Lipinski definition) is 2. The SMILES string of the molecule is Cc1cc2c(cc1S(=O)(=O)N1CCC(C(=O)Nc3ccc(F)cc3F)CC1)O[C@H](C)C(=O)N2. The third kappa shape index (κ3) is 4.55. The number of ether oxygens (including phenoxy) is 1. The van der Waals surface area contributed by atoms with E-state index in [4.69, 9.17) is 4.74 Å². The molecule has 0 aliphatic carbocycles. The molecule has 33 heavy (non-hydrogen) atoms. The van der Waals surface area contributed by atoms with Gasteiger partial charge in [-0.05, 0) is 50.5 Å². The van der Waals surface area contributed by atoms with Gasteiger partial charge in [-0.1, -0.05) is 0 Å². The quantitative estimate of drug-likeness (QED) is 0.702. The second kappa shape index (κ2) is 8.71. The Morgan fingerprint density at radius 2 is 1.88 bits per heavy atom. The van der Waals surface area contributed by atoms with Gasteiger partial charge in [0.25, 0.3) is 5.91 Å². The Kier molecular flexibility index (Phi) is 6.10. The van der Waals surface area contributed by atoms with Crippen LogP contribution in [0.1, 0.15) is 25.3 Å². The first-order valence-electron chi connectivity index (χ1n) is 10.4. The van der Waals surface area contributed by atoms with Crippen molar-refractivity contribution in [3.05, 3.63) is 47.5 Å². The highest BCUT2D eigenvalue weighted by atomic mass is 32.2. The fourth-order valence-electron chi connectivity index (χ4n) is 3.94. The summed E-state index contributed by atoms with van der Waals surface area (Å²) in [6.07, 6.45) is -0.237. The van der Waals surface area contributed by atoms with Crippen LogP contribution in [0, 0.1) is 24.5 Å². The summed E-state index contributed by atoms with van der Waals surface area (Å²) in [7, 11) is -3.87. The molecule has 2 aliphatic heterocycles. The monoisotopic (exact) mass is 479 g/mol. The maximum atomic E-state index is 13.8. The molecule has 2 aromatic rings. The molecule has 11 heteroatoms. The zero-order chi connectivity index (χ0) is 23.9. The predicted octanol–water partition coefficient (Wildman–Crippen LogP) is 3.03. The van der Waals surface area contributed by atoms with Crippen molar-refractivity contribution >= 4 is 33.2 Å². The first-order valence-corrected chi connectivity index (χ1v) is 11.9. The second-order valence-electron chi connectivity index (χ2n) is 8.15. The minimum atomic E-state index is -3.87. The molecule has 2 amide bonds. The number of anilines is 2. The molecule has 0 bridgehead atoms. The van der Waals surface area contributed by atoms with Crippen molar-refractivity contribution < 1.29 is 31.5 Å². The summed E-state index contributed by atoms with van der Waals surface area (Å²) < 4.78 is 60.3. The zero-order valence-corrected chi connectivity index (χ0v) is 18.8. The summed E-state index contributed by atoms with van der Waals surface area (Å²) in [4.78, 5) is 24.4. The molecule has 2 aromatic carbocycles. The van der Waals surface area contributed by atoms with Gasteiger partial charge >= 0.3 is 0 Å². The molecule has 2 aliphatic rings. The Hall–Kier alpha value is -3.05. The van der Waals surface area contributed by atoms with Crippen LogP contribution in [0.4, 0.5) is 20.2 Å². The van der Waals surface area contributed by atoms with Crippen LogP contribution in [0.5, 0.6) is 5.75 Å². The molecule has 0 spiro atoms. The second-order valence-corrected chi connectivity index (χ2v) is 10.1. The van der Waals surface area contributed by atoms with E-state index in [9.17, 15) is 26.8 Å². The summed E-state index contributed by atoms with van der Waals surface area (Å²) >= 11 is 0. The van der Waals surface area contributed by atoms with Gasteiger partial charge < -0.3 is 15.4 Å². The minimum Gasteiger partial charge on any atom is -0.479 e. The number of carbonyl (C=O) groups excluding carboxylic acids is 2. The van der Waals surface area contributed by atoms with Crippen LogP contribution in [-0.4, -0.2) is 43.7 Å². The number of piperidine rings is 1. The van der Waals surface area contributed by atoms with Crippen molar-refractivity contribution in [3.63, 3.8) is 0 Å². The van der Waals surface area contributed by atoms with Crippen LogP contribution < -0.4 is 15.4 Å². The van der Waals surface area contributed by atoms with Crippen LogP contribution in [0.15, 0.2) is 35.2 Å². The van der Waals surface area contributed by atoms with Crippen LogP contribution in [0.25, 0.3) is 0 Å². The van der Waals surface area contributed by atoms with E-state index in [-0.39, 0.29) is 48.2 Å². The van der Waals surface area contributed by atoms with Gasteiger partial charge in [0.05, 0.1) is 16.3 Å². The van der Waals surface area contributed by atoms with E-state index in [1.807, 2.05) is 0 Å².